The van der Waals surface area contributed by atoms with Crippen LogP contribution in [0.3, 0.4) is 0 Å². The fraction of sp³-hybridized carbons (Fsp3) is 0.190. The average molecular weight is 409 g/mol. The van der Waals surface area contributed by atoms with Crippen molar-refractivity contribution in [3.8, 4) is 5.75 Å². The summed E-state index contributed by atoms with van der Waals surface area (Å²) in [7, 11) is 1.47. The van der Waals surface area contributed by atoms with Gasteiger partial charge in [0.25, 0.3) is 0 Å². The largest absolute Gasteiger partial charge is 0.497 e. The average Bonchev–Trinajstić information content (AvgIpc) is 2.97. The van der Waals surface area contributed by atoms with Crippen LogP contribution in [0.15, 0.2) is 48.5 Å². The molecule has 0 spiro atoms. The van der Waals surface area contributed by atoms with Crippen molar-refractivity contribution in [1.29, 1.82) is 0 Å². The SMILES string of the molecule is CCC(=O)Nc1ccc(C(=O)CN2C(=O)C(=O)N(c3ccc(OC)cc3)C2=O)cc1. The summed E-state index contributed by atoms with van der Waals surface area (Å²) in [5, 5.41) is 2.65. The summed E-state index contributed by atoms with van der Waals surface area (Å²) >= 11 is 0. The molecule has 2 aromatic rings. The lowest BCUT2D eigenvalue weighted by molar-refractivity contribution is -0.139. The van der Waals surface area contributed by atoms with E-state index in [-0.39, 0.29) is 17.2 Å². The van der Waals surface area contributed by atoms with E-state index in [4.69, 9.17) is 4.74 Å². The minimum atomic E-state index is -1.07. The van der Waals surface area contributed by atoms with Crippen LogP contribution in [0.4, 0.5) is 16.2 Å². The minimum absolute atomic E-state index is 0.167. The Bertz CT molecular complexity index is 1010. The molecule has 1 N–H and O–H groups in total. The maximum absolute atomic E-state index is 12.6. The molecular formula is C21H19N3O6. The molecule has 9 heteroatoms. The zero-order valence-electron chi connectivity index (χ0n) is 16.4. The second kappa shape index (κ2) is 8.56. The van der Waals surface area contributed by atoms with E-state index in [0.29, 0.717) is 22.8 Å². The van der Waals surface area contributed by atoms with Gasteiger partial charge in [-0.15, -0.1) is 0 Å². The van der Waals surface area contributed by atoms with Crippen molar-refractivity contribution in [2.75, 3.05) is 23.9 Å². The summed E-state index contributed by atoms with van der Waals surface area (Å²) in [5.74, 6) is -2.27. The molecule has 1 saturated heterocycles. The molecule has 0 unspecified atom stereocenters. The van der Waals surface area contributed by atoms with Gasteiger partial charge in [0.1, 0.15) is 5.75 Å². The number of carbonyl (C=O) groups is 5. The van der Waals surface area contributed by atoms with Crippen LogP contribution in [0.1, 0.15) is 23.7 Å². The quantitative estimate of drug-likeness (QED) is 0.426. The number of nitrogens with one attached hydrogen (secondary N) is 1. The number of urea groups is 1. The summed E-state index contributed by atoms with van der Waals surface area (Å²) < 4.78 is 5.03. The Kier molecular flexibility index (Phi) is 5.91. The normalized spacial score (nSPS) is 13.6. The number of nitrogens with zero attached hydrogens (tertiary/aromatic N) is 2. The fourth-order valence-electron chi connectivity index (χ4n) is 2.83. The smallest absolute Gasteiger partial charge is 0.339 e. The molecule has 154 valence electrons. The van der Waals surface area contributed by atoms with Gasteiger partial charge in [-0.1, -0.05) is 6.92 Å². The molecule has 2 aromatic carbocycles. The molecule has 5 amide bonds. The third-order valence-electron chi connectivity index (χ3n) is 4.50. The van der Waals surface area contributed by atoms with Crippen LogP contribution in [0.2, 0.25) is 0 Å². The zero-order valence-corrected chi connectivity index (χ0v) is 16.4. The Morgan fingerprint density at radius 3 is 2.13 bits per heavy atom. The molecule has 0 bridgehead atoms. The van der Waals surface area contributed by atoms with Crippen molar-refractivity contribution < 1.29 is 28.7 Å². The number of carbonyl (C=O) groups excluding carboxylic acids is 5. The molecule has 0 aromatic heterocycles. The lowest BCUT2D eigenvalue weighted by Crippen LogP contribution is -2.37. The molecular weight excluding hydrogens is 390 g/mol. The summed E-state index contributed by atoms with van der Waals surface area (Å²) in [6.45, 7) is 1.14. The number of benzene rings is 2. The molecule has 0 saturated carbocycles. The topological polar surface area (TPSA) is 113 Å². The summed E-state index contributed by atoms with van der Waals surface area (Å²) in [6, 6.07) is 11.2. The fourth-order valence-corrected chi connectivity index (χ4v) is 2.83. The number of amides is 5. The Labute approximate surface area is 172 Å². The highest BCUT2D eigenvalue weighted by Gasteiger charge is 2.46. The number of rotatable bonds is 7. The van der Waals surface area contributed by atoms with E-state index in [1.54, 1.807) is 31.2 Å². The molecule has 0 atom stereocenters. The molecule has 3 rings (SSSR count). The van der Waals surface area contributed by atoms with E-state index in [0.717, 1.165) is 4.90 Å². The molecule has 0 aliphatic carbocycles. The van der Waals surface area contributed by atoms with Crippen molar-refractivity contribution in [1.82, 2.24) is 4.90 Å². The molecule has 1 aliphatic heterocycles. The minimum Gasteiger partial charge on any atom is -0.497 e. The third-order valence-corrected chi connectivity index (χ3v) is 4.50. The lowest BCUT2D eigenvalue weighted by Gasteiger charge is -2.15. The molecule has 9 nitrogen and oxygen atoms in total. The number of imide groups is 2. The molecule has 1 aliphatic rings. The van der Waals surface area contributed by atoms with Crippen LogP contribution in [-0.2, 0) is 14.4 Å². The van der Waals surface area contributed by atoms with Crippen LogP contribution in [0.25, 0.3) is 0 Å². The van der Waals surface area contributed by atoms with Crippen LogP contribution >= 0.6 is 0 Å². The first kappa shape index (κ1) is 20.7. The second-order valence-corrected chi connectivity index (χ2v) is 6.41. The first-order chi connectivity index (χ1) is 14.3. The van der Waals surface area contributed by atoms with E-state index in [2.05, 4.69) is 5.32 Å². The van der Waals surface area contributed by atoms with Crippen LogP contribution < -0.4 is 15.0 Å². The summed E-state index contributed by atoms with van der Waals surface area (Å²) in [6.07, 6.45) is 0.318. The number of ether oxygens (including phenoxy) is 1. The van der Waals surface area contributed by atoms with Gasteiger partial charge in [-0.2, -0.15) is 0 Å². The van der Waals surface area contributed by atoms with Gasteiger partial charge < -0.3 is 10.1 Å². The third kappa shape index (κ3) is 4.04. The van der Waals surface area contributed by atoms with Gasteiger partial charge in [-0.3, -0.25) is 19.2 Å². The highest BCUT2D eigenvalue weighted by atomic mass is 16.5. The van der Waals surface area contributed by atoms with E-state index in [1.165, 1.54) is 31.4 Å². The van der Waals surface area contributed by atoms with Crippen LogP contribution in [0.5, 0.6) is 5.75 Å². The van der Waals surface area contributed by atoms with Crippen molar-refractivity contribution in [3.63, 3.8) is 0 Å². The standard InChI is InChI=1S/C21H19N3O6/c1-3-18(26)22-14-6-4-13(5-7-14)17(25)12-23-19(27)20(28)24(21(23)29)15-8-10-16(30-2)11-9-15/h4-11H,3,12H2,1-2H3,(H,22,26). The lowest BCUT2D eigenvalue weighted by atomic mass is 10.1. The number of hydrogen-bond donors (Lipinski definition) is 1. The van der Waals surface area contributed by atoms with E-state index >= 15 is 0 Å². The number of Topliss-reactive ketones (excluding diaryl/α,β-unsaturated/α-hetero) is 1. The zero-order chi connectivity index (χ0) is 21.8. The van der Waals surface area contributed by atoms with Gasteiger partial charge in [0.05, 0.1) is 19.3 Å². The number of methoxy groups -OCH3 is 1. The van der Waals surface area contributed by atoms with Crippen molar-refractivity contribution in [2.45, 2.75) is 13.3 Å². The molecule has 0 radical (unpaired) electrons. The van der Waals surface area contributed by atoms with Gasteiger partial charge >= 0.3 is 17.8 Å². The molecule has 1 heterocycles. The van der Waals surface area contributed by atoms with E-state index in [9.17, 15) is 24.0 Å². The Hall–Kier alpha value is -4.01. The van der Waals surface area contributed by atoms with Crippen LogP contribution in [0, 0.1) is 0 Å². The van der Waals surface area contributed by atoms with Gasteiger partial charge in [-0.05, 0) is 48.5 Å². The molecule has 30 heavy (non-hydrogen) atoms. The van der Waals surface area contributed by atoms with Crippen LogP contribution in [-0.4, -0.2) is 48.1 Å². The highest BCUT2D eigenvalue weighted by Crippen LogP contribution is 2.25. The van der Waals surface area contributed by atoms with Crippen molar-refractivity contribution in [3.05, 3.63) is 54.1 Å². The second-order valence-electron chi connectivity index (χ2n) is 6.41. The van der Waals surface area contributed by atoms with Crippen molar-refractivity contribution >= 4 is 40.9 Å². The number of hydrogen-bond acceptors (Lipinski definition) is 6. The van der Waals surface area contributed by atoms with Gasteiger partial charge in [0.15, 0.2) is 5.78 Å². The molecule has 1 fully saturated rings. The van der Waals surface area contributed by atoms with Gasteiger partial charge in [0, 0.05) is 17.7 Å². The maximum atomic E-state index is 12.6. The predicted molar refractivity (Wildman–Crippen MR) is 107 cm³/mol. The highest BCUT2D eigenvalue weighted by molar-refractivity contribution is 6.53. The van der Waals surface area contributed by atoms with E-state index in [1.807, 2.05) is 0 Å². The predicted octanol–water partition coefficient (Wildman–Crippen LogP) is 2.22. The monoisotopic (exact) mass is 409 g/mol. The number of anilines is 2. The maximum Gasteiger partial charge on any atom is 0.339 e. The van der Waals surface area contributed by atoms with Crippen molar-refractivity contribution in [2.24, 2.45) is 0 Å². The summed E-state index contributed by atoms with van der Waals surface area (Å²) in [4.78, 5) is 62.5. The van der Waals surface area contributed by atoms with Gasteiger partial charge in [0.2, 0.25) is 5.91 Å². The Morgan fingerprint density at radius 1 is 0.933 bits per heavy atom. The Balaban J connectivity index is 1.73. The van der Waals surface area contributed by atoms with E-state index < -0.39 is 30.2 Å². The van der Waals surface area contributed by atoms with Gasteiger partial charge in [-0.25, -0.2) is 14.6 Å². The number of ketones is 1. The first-order valence-electron chi connectivity index (χ1n) is 9.12. The Morgan fingerprint density at radius 2 is 1.57 bits per heavy atom. The summed E-state index contributed by atoms with van der Waals surface area (Å²) in [5.41, 5.74) is 0.957. The first-order valence-corrected chi connectivity index (χ1v) is 9.12.